The van der Waals surface area contributed by atoms with Crippen LogP contribution in [-0.4, -0.2) is 61.7 Å². The molecule has 6 heteroatoms. The van der Waals surface area contributed by atoms with Crippen molar-refractivity contribution in [2.45, 2.75) is 49.7 Å². The van der Waals surface area contributed by atoms with Crippen molar-refractivity contribution in [1.82, 2.24) is 15.1 Å². The molecule has 1 aliphatic carbocycles. The van der Waals surface area contributed by atoms with E-state index in [0.29, 0.717) is 6.54 Å². The van der Waals surface area contributed by atoms with Crippen molar-refractivity contribution in [3.8, 4) is 11.5 Å². The first kappa shape index (κ1) is 22.1. The topological polar surface area (TPSA) is 57.2 Å². The largest absolute Gasteiger partial charge is 0.497 e. The summed E-state index contributed by atoms with van der Waals surface area (Å²) < 4.78 is 10.7. The summed E-state index contributed by atoms with van der Waals surface area (Å²) in [5.74, 6) is 1.75. The molecular weight excluding hydrogens is 390 g/mol. The Hall–Kier alpha value is -2.12. The molecule has 168 valence electrons. The number of methoxy groups -OCH3 is 2. The molecule has 2 N–H and O–H groups in total. The van der Waals surface area contributed by atoms with Gasteiger partial charge in [0, 0.05) is 24.2 Å². The number of benzene rings is 2. The fraction of sp³-hybridized carbons (Fsp3) is 0.520. The standard InChI is InChI=1S/C25H35N3O3/c1-27(2)25(20-6-5-7-22(16-20)31-4)14-12-24(13-15-25)18-28(23(29)26-24)17-19-8-10-21(30-3)11-9-19/h5-11,16,23,26,29H,12-15,17-18H2,1-4H3. The molecule has 1 atom stereocenters. The lowest BCUT2D eigenvalue weighted by molar-refractivity contribution is 0.0126. The average molecular weight is 426 g/mol. The zero-order chi connectivity index (χ0) is 22.1. The van der Waals surface area contributed by atoms with Gasteiger partial charge in [-0.05, 0) is 75.2 Å². The highest BCUT2D eigenvalue weighted by molar-refractivity contribution is 5.34. The van der Waals surface area contributed by atoms with Crippen LogP contribution in [0.25, 0.3) is 0 Å². The van der Waals surface area contributed by atoms with Gasteiger partial charge in [-0.1, -0.05) is 24.3 Å². The molecular formula is C25H35N3O3. The quantitative estimate of drug-likeness (QED) is 0.742. The lowest BCUT2D eigenvalue weighted by atomic mass is 9.69. The number of nitrogens with zero attached hydrogens (tertiary/aromatic N) is 2. The van der Waals surface area contributed by atoms with Gasteiger partial charge in [0.15, 0.2) is 6.35 Å². The molecule has 1 spiro atoms. The lowest BCUT2D eigenvalue weighted by Gasteiger charge is -2.49. The normalized spacial score (nSPS) is 28.9. The maximum absolute atomic E-state index is 10.8. The Labute approximate surface area is 185 Å². The van der Waals surface area contributed by atoms with E-state index in [0.717, 1.165) is 43.7 Å². The maximum Gasteiger partial charge on any atom is 0.163 e. The van der Waals surface area contributed by atoms with Crippen LogP contribution >= 0.6 is 0 Å². The van der Waals surface area contributed by atoms with Crippen LogP contribution in [0.4, 0.5) is 0 Å². The number of aliphatic hydroxyl groups is 1. The van der Waals surface area contributed by atoms with Crippen molar-refractivity contribution < 1.29 is 14.6 Å². The van der Waals surface area contributed by atoms with E-state index < -0.39 is 6.35 Å². The van der Waals surface area contributed by atoms with E-state index in [2.05, 4.69) is 59.5 Å². The van der Waals surface area contributed by atoms with Crippen molar-refractivity contribution in [2.24, 2.45) is 0 Å². The first-order valence-electron chi connectivity index (χ1n) is 11.0. The molecule has 0 radical (unpaired) electrons. The second-order valence-electron chi connectivity index (χ2n) is 9.21. The number of rotatable bonds is 6. The fourth-order valence-electron chi connectivity index (χ4n) is 5.35. The number of ether oxygens (including phenoxy) is 2. The minimum Gasteiger partial charge on any atom is -0.497 e. The molecule has 1 unspecified atom stereocenters. The van der Waals surface area contributed by atoms with E-state index in [9.17, 15) is 5.11 Å². The van der Waals surface area contributed by atoms with Crippen LogP contribution in [0.3, 0.4) is 0 Å². The molecule has 2 aromatic rings. The van der Waals surface area contributed by atoms with Crippen molar-refractivity contribution in [3.63, 3.8) is 0 Å². The minimum atomic E-state index is -0.620. The summed E-state index contributed by atoms with van der Waals surface area (Å²) in [6.07, 6.45) is 3.47. The smallest absolute Gasteiger partial charge is 0.163 e. The van der Waals surface area contributed by atoms with Gasteiger partial charge in [0.1, 0.15) is 11.5 Å². The third-order valence-corrected chi connectivity index (χ3v) is 7.33. The van der Waals surface area contributed by atoms with Gasteiger partial charge in [0.05, 0.1) is 14.2 Å². The summed E-state index contributed by atoms with van der Waals surface area (Å²) in [5.41, 5.74) is 2.41. The first-order valence-corrected chi connectivity index (χ1v) is 11.0. The Bertz CT molecular complexity index is 876. The third kappa shape index (κ3) is 4.30. The molecule has 2 aromatic carbocycles. The van der Waals surface area contributed by atoms with Gasteiger partial charge in [0.2, 0.25) is 0 Å². The van der Waals surface area contributed by atoms with Crippen LogP contribution in [0, 0.1) is 0 Å². The van der Waals surface area contributed by atoms with Crippen LogP contribution in [0.15, 0.2) is 48.5 Å². The van der Waals surface area contributed by atoms with Gasteiger partial charge in [-0.15, -0.1) is 0 Å². The zero-order valence-corrected chi connectivity index (χ0v) is 19.1. The predicted molar refractivity (Wildman–Crippen MR) is 122 cm³/mol. The minimum absolute atomic E-state index is 0.0180. The molecule has 2 aliphatic rings. The predicted octanol–water partition coefficient (Wildman–Crippen LogP) is 3.15. The van der Waals surface area contributed by atoms with Gasteiger partial charge in [-0.2, -0.15) is 0 Å². The summed E-state index contributed by atoms with van der Waals surface area (Å²) >= 11 is 0. The van der Waals surface area contributed by atoms with Gasteiger partial charge in [-0.3, -0.25) is 15.1 Å². The number of hydrogen-bond donors (Lipinski definition) is 2. The lowest BCUT2D eigenvalue weighted by Crippen LogP contribution is -2.54. The fourth-order valence-corrected chi connectivity index (χ4v) is 5.35. The van der Waals surface area contributed by atoms with Crippen LogP contribution in [-0.2, 0) is 12.1 Å². The van der Waals surface area contributed by atoms with Gasteiger partial charge >= 0.3 is 0 Å². The molecule has 1 saturated carbocycles. The van der Waals surface area contributed by atoms with Crippen LogP contribution in [0.2, 0.25) is 0 Å². The molecule has 1 heterocycles. The van der Waals surface area contributed by atoms with Gasteiger partial charge < -0.3 is 14.6 Å². The van der Waals surface area contributed by atoms with E-state index in [-0.39, 0.29) is 11.1 Å². The van der Waals surface area contributed by atoms with Gasteiger partial charge in [-0.25, -0.2) is 0 Å². The Balaban J connectivity index is 1.47. The van der Waals surface area contributed by atoms with Crippen LogP contribution in [0.1, 0.15) is 36.8 Å². The molecule has 0 aromatic heterocycles. The van der Waals surface area contributed by atoms with Crippen LogP contribution < -0.4 is 14.8 Å². The SMILES string of the molecule is COc1ccc(CN2CC3(CCC(c4cccc(OC)c4)(N(C)C)CC3)NC2O)cc1. The second-order valence-corrected chi connectivity index (χ2v) is 9.21. The number of nitrogens with one attached hydrogen (secondary N) is 1. The van der Waals surface area contributed by atoms with Crippen molar-refractivity contribution in [1.29, 1.82) is 0 Å². The molecule has 2 fully saturated rings. The molecule has 1 saturated heterocycles. The molecule has 0 bridgehead atoms. The molecule has 0 amide bonds. The van der Waals surface area contributed by atoms with E-state index >= 15 is 0 Å². The molecule has 4 rings (SSSR count). The highest BCUT2D eigenvalue weighted by atomic mass is 16.5. The van der Waals surface area contributed by atoms with E-state index in [1.54, 1.807) is 14.2 Å². The van der Waals surface area contributed by atoms with E-state index in [1.165, 1.54) is 11.1 Å². The Morgan fingerprint density at radius 1 is 1.00 bits per heavy atom. The monoisotopic (exact) mass is 425 g/mol. The summed E-state index contributed by atoms with van der Waals surface area (Å²) in [7, 11) is 7.74. The molecule has 6 nitrogen and oxygen atoms in total. The third-order valence-electron chi connectivity index (χ3n) is 7.33. The van der Waals surface area contributed by atoms with Gasteiger partial charge in [0.25, 0.3) is 0 Å². The summed E-state index contributed by atoms with van der Waals surface area (Å²) in [5, 5.41) is 14.3. The summed E-state index contributed by atoms with van der Waals surface area (Å²) in [6.45, 7) is 1.57. The van der Waals surface area contributed by atoms with Crippen molar-refractivity contribution in [3.05, 3.63) is 59.7 Å². The Morgan fingerprint density at radius 3 is 2.29 bits per heavy atom. The summed E-state index contributed by atoms with van der Waals surface area (Å²) in [6, 6.07) is 16.6. The maximum atomic E-state index is 10.8. The Morgan fingerprint density at radius 2 is 1.68 bits per heavy atom. The highest BCUT2D eigenvalue weighted by Crippen LogP contribution is 2.46. The number of hydrogen-bond acceptors (Lipinski definition) is 6. The summed E-state index contributed by atoms with van der Waals surface area (Å²) in [4.78, 5) is 4.49. The first-order chi connectivity index (χ1) is 14.9. The van der Waals surface area contributed by atoms with Crippen molar-refractivity contribution >= 4 is 0 Å². The highest BCUT2D eigenvalue weighted by Gasteiger charge is 2.49. The van der Waals surface area contributed by atoms with Crippen LogP contribution in [0.5, 0.6) is 11.5 Å². The Kier molecular flexibility index (Phi) is 6.26. The molecule has 31 heavy (non-hydrogen) atoms. The molecule has 1 aliphatic heterocycles. The zero-order valence-electron chi connectivity index (χ0n) is 19.1. The van der Waals surface area contributed by atoms with Crippen molar-refractivity contribution in [2.75, 3.05) is 34.9 Å². The van der Waals surface area contributed by atoms with E-state index in [1.807, 2.05) is 18.2 Å². The van der Waals surface area contributed by atoms with E-state index in [4.69, 9.17) is 9.47 Å². The number of aliphatic hydroxyl groups excluding tert-OH is 1. The second kappa shape index (κ2) is 8.79. The average Bonchev–Trinajstić information content (AvgIpc) is 3.09.